The summed E-state index contributed by atoms with van der Waals surface area (Å²) >= 11 is 0. The van der Waals surface area contributed by atoms with E-state index >= 15 is 0 Å². The predicted molar refractivity (Wildman–Crippen MR) is 141 cm³/mol. The molecule has 0 bridgehead atoms. The molecule has 0 aromatic heterocycles. The molecule has 3 aromatic rings. The number of carbonyl (C=O) groups is 1. The van der Waals surface area contributed by atoms with Crippen molar-refractivity contribution >= 4 is 11.7 Å². The van der Waals surface area contributed by atoms with E-state index in [1.54, 1.807) is 19.1 Å². The van der Waals surface area contributed by atoms with E-state index in [1.807, 2.05) is 36.4 Å². The van der Waals surface area contributed by atoms with Crippen LogP contribution >= 0.6 is 0 Å². The highest BCUT2D eigenvalue weighted by Crippen LogP contribution is 2.23. The third kappa shape index (κ3) is 7.03. The van der Waals surface area contributed by atoms with Gasteiger partial charge < -0.3 is 19.8 Å². The summed E-state index contributed by atoms with van der Waals surface area (Å²) < 4.78 is 5.93. The lowest BCUT2D eigenvalue weighted by molar-refractivity contribution is -0.137. The Bertz CT molecular complexity index is 1190. The fraction of sp³-hybridized carbons (Fsp3) is 0.300. The Morgan fingerprint density at radius 1 is 0.917 bits per heavy atom. The summed E-state index contributed by atoms with van der Waals surface area (Å²) in [5.74, 6) is 5.65. The first-order valence-corrected chi connectivity index (χ1v) is 12.2. The highest BCUT2D eigenvalue weighted by Gasteiger charge is 2.17. The van der Waals surface area contributed by atoms with E-state index in [9.17, 15) is 9.90 Å². The molecule has 36 heavy (non-hydrogen) atoms. The molecule has 1 atom stereocenters. The van der Waals surface area contributed by atoms with Crippen LogP contribution in [0.3, 0.4) is 0 Å². The molecule has 1 heterocycles. The zero-order valence-electron chi connectivity index (χ0n) is 20.6. The van der Waals surface area contributed by atoms with Gasteiger partial charge in [-0.1, -0.05) is 42.3 Å². The molecule has 0 radical (unpaired) electrons. The second kappa shape index (κ2) is 12.1. The molecule has 1 aliphatic rings. The number of piperazine rings is 1. The number of ether oxygens (including phenoxy) is 1. The number of nitrogens with zero attached hydrogens (tertiary/aromatic N) is 2. The highest BCUT2D eigenvalue weighted by molar-refractivity contribution is 5.69. The summed E-state index contributed by atoms with van der Waals surface area (Å²) in [4.78, 5) is 15.9. The molecule has 0 amide bonds. The first-order valence-electron chi connectivity index (χ1n) is 12.2. The van der Waals surface area contributed by atoms with E-state index in [4.69, 9.17) is 9.84 Å². The predicted octanol–water partition coefficient (Wildman–Crippen LogP) is 4.88. The Kier molecular flexibility index (Phi) is 8.48. The Hall–Kier alpha value is -3.95. The number of hydrogen-bond acceptors (Lipinski definition) is 5. The third-order valence-corrected chi connectivity index (χ3v) is 6.40. The Morgan fingerprint density at radius 3 is 2.17 bits per heavy atom. The van der Waals surface area contributed by atoms with E-state index in [2.05, 4.69) is 45.9 Å². The topological polar surface area (TPSA) is 73.2 Å². The minimum absolute atomic E-state index is 0.0124. The van der Waals surface area contributed by atoms with Gasteiger partial charge in [0.1, 0.15) is 18.1 Å². The normalized spacial score (nSPS) is 14.5. The Morgan fingerprint density at radius 2 is 1.56 bits per heavy atom. The van der Waals surface area contributed by atoms with E-state index in [1.165, 1.54) is 5.56 Å². The van der Waals surface area contributed by atoms with Crippen molar-refractivity contribution in [2.45, 2.75) is 32.4 Å². The zero-order chi connectivity index (χ0) is 25.3. The van der Waals surface area contributed by atoms with Crippen LogP contribution in [-0.2, 0) is 17.9 Å². The number of phenols is 1. The van der Waals surface area contributed by atoms with Gasteiger partial charge >= 0.3 is 5.97 Å². The number of anilines is 1. The Labute approximate surface area is 212 Å². The fourth-order valence-electron chi connectivity index (χ4n) is 4.39. The number of carboxylic acids is 1. The summed E-state index contributed by atoms with van der Waals surface area (Å²) in [6.07, 6.45) is -0.0124. The minimum atomic E-state index is -0.858. The van der Waals surface area contributed by atoms with Crippen LogP contribution in [0, 0.1) is 11.8 Å². The molecule has 1 fully saturated rings. The van der Waals surface area contributed by atoms with Gasteiger partial charge in [0.2, 0.25) is 0 Å². The van der Waals surface area contributed by atoms with Crippen molar-refractivity contribution in [3.63, 3.8) is 0 Å². The van der Waals surface area contributed by atoms with Crippen molar-refractivity contribution in [2.75, 3.05) is 31.1 Å². The number of hydrogen-bond donors (Lipinski definition) is 2. The standard InChI is InChI=1S/C30H32N2O4/c1-2-3-26(20-30(34)35)25-8-14-29(15-9-25)36-22-24-6-4-23(5-7-24)21-31-16-18-32(19-17-31)27-10-12-28(33)13-11-27/h4-15,26,33H,16-22H2,1H3,(H,34,35). The molecule has 6 nitrogen and oxygen atoms in total. The van der Waals surface area contributed by atoms with Gasteiger partial charge in [-0.3, -0.25) is 9.69 Å². The molecule has 6 heteroatoms. The average molecular weight is 485 g/mol. The van der Waals surface area contributed by atoms with Crippen molar-refractivity contribution in [3.8, 4) is 23.3 Å². The fourth-order valence-corrected chi connectivity index (χ4v) is 4.39. The average Bonchev–Trinajstić information content (AvgIpc) is 2.89. The lowest BCUT2D eigenvalue weighted by Crippen LogP contribution is -2.45. The van der Waals surface area contributed by atoms with Gasteiger partial charge in [0.25, 0.3) is 0 Å². The van der Waals surface area contributed by atoms with Crippen LogP contribution in [0.25, 0.3) is 0 Å². The van der Waals surface area contributed by atoms with Gasteiger partial charge in [0, 0.05) is 38.4 Å². The second-order valence-corrected chi connectivity index (χ2v) is 9.00. The number of rotatable bonds is 9. The molecule has 0 saturated carbocycles. The molecule has 0 aliphatic carbocycles. The maximum atomic E-state index is 11.1. The van der Waals surface area contributed by atoms with Crippen LogP contribution in [0.2, 0.25) is 0 Å². The SMILES string of the molecule is CC#CC(CC(=O)O)c1ccc(OCc2ccc(CN3CCN(c4ccc(O)cc4)CC3)cc2)cc1. The van der Waals surface area contributed by atoms with Crippen LogP contribution in [0.5, 0.6) is 11.5 Å². The van der Waals surface area contributed by atoms with Crippen molar-refractivity contribution in [3.05, 3.63) is 89.5 Å². The van der Waals surface area contributed by atoms with E-state index in [0.29, 0.717) is 12.4 Å². The monoisotopic (exact) mass is 484 g/mol. The molecule has 1 aliphatic heterocycles. The summed E-state index contributed by atoms with van der Waals surface area (Å²) in [5, 5.41) is 18.6. The quantitative estimate of drug-likeness (QED) is 0.422. The van der Waals surface area contributed by atoms with Crippen LogP contribution in [0.15, 0.2) is 72.8 Å². The van der Waals surface area contributed by atoms with Crippen LogP contribution < -0.4 is 9.64 Å². The summed E-state index contributed by atoms with van der Waals surface area (Å²) in [7, 11) is 0. The van der Waals surface area contributed by atoms with Gasteiger partial charge in [-0.15, -0.1) is 5.92 Å². The van der Waals surface area contributed by atoms with Crippen LogP contribution in [-0.4, -0.2) is 47.3 Å². The van der Waals surface area contributed by atoms with Crippen LogP contribution in [0.1, 0.15) is 36.0 Å². The molecule has 1 saturated heterocycles. The number of phenolic OH excluding ortho intramolecular Hbond substituents is 1. The number of benzene rings is 3. The minimum Gasteiger partial charge on any atom is -0.508 e. The van der Waals surface area contributed by atoms with Gasteiger partial charge in [0.05, 0.1) is 12.3 Å². The zero-order valence-corrected chi connectivity index (χ0v) is 20.6. The lowest BCUT2D eigenvalue weighted by atomic mass is 9.96. The Balaban J connectivity index is 1.24. The molecule has 2 N–H and O–H groups in total. The van der Waals surface area contributed by atoms with Gasteiger partial charge in [0.15, 0.2) is 0 Å². The first kappa shape index (κ1) is 25.2. The van der Waals surface area contributed by atoms with E-state index < -0.39 is 5.97 Å². The molecule has 4 rings (SSSR count). The molecule has 1 unspecified atom stereocenters. The lowest BCUT2D eigenvalue weighted by Gasteiger charge is -2.36. The van der Waals surface area contributed by atoms with Crippen molar-refractivity contribution in [1.82, 2.24) is 4.90 Å². The largest absolute Gasteiger partial charge is 0.508 e. The highest BCUT2D eigenvalue weighted by atomic mass is 16.5. The first-order chi connectivity index (χ1) is 17.5. The summed E-state index contributed by atoms with van der Waals surface area (Å²) in [6.45, 7) is 7.05. The number of aromatic hydroxyl groups is 1. The van der Waals surface area contributed by atoms with Crippen molar-refractivity contribution in [2.24, 2.45) is 0 Å². The molecule has 0 spiro atoms. The third-order valence-electron chi connectivity index (χ3n) is 6.40. The van der Waals surface area contributed by atoms with Crippen LogP contribution in [0.4, 0.5) is 5.69 Å². The molecule has 186 valence electrons. The van der Waals surface area contributed by atoms with Crippen molar-refractivity contribution < 1.29 is 19.7 Å². The van der Waals surface area contributed by atoms with Gasteiger partial charge in [-0.05, 0) is 60.0 Å². The molecule has 3 aromatic carbocycles. The summed E-state index contributed by atoms with van der Waals surface area (Å²) in [5.41, 5.74) is 4.41. The van der Waals surface area contributed by atoms with Gasteiger partial charge in [-0.25, -0.2) is 0 Å². The summed E-state index contributed by atoms with van der Waals surface area (Å²) in [6, 6.07) is 23.5. The second-order valence-electron chi connectivity index (χ2n) is 9.00. The van der Waals surface area contributed by atoms with E-state index in [-0.39, 0.29) is 12.3 Å². The maximum absolute atomic E-state index is 11.1. The number of carboxylic acid groups (broad SMARTS) is 1. The smallest absolute Gasteiger partial charge is 0.304 e. The number of aliphatic carboxylic acids is 1. The van der Waals surface area contributed by atoms with Gasteiger partial charge in [-0.2, -0.15) is 0 Å². The molecular formula is C30H32N2O4. The maximum Gasteiger partial charge on any atom is 0.304 e. The van der Waals surface area contributed by atoms with Crippen molar-refractivity contribution in [1.29, 1.82) is 0 Å². The van der Waals surface area contributed by atoms with E-state index in [0.717, 1.165) is 55.3 Å². The molecular weight excluding hydrogens is 452 g/mol.